The van der Waals surface area contributed by atoms with E-state index >= 15 is 0 Å². The summed E-state index contributed by atoms with van der Waals surface area (Å²) in [4.78, 5) is 27.0. The number of rotatable bonds is 4. The third-order valence-corrected chi connectivity index (χ3v) is 3.99. The molecule has 0 aromatic rings. The summed E-state index contributed by atoms with van der Waals surface area (Å²) in [5, 5.41) is 11.7. The second-order valence-electron chi connectivity index (χ2n) is 5.40. The molecule has 2 amide bonds. The second kappa shape index (κ2) is 6.75. The lowest BCUT2D eigenvalue weighted by atomic mass is 10.1. The molecule has 0 saturated carbocycles. The molecule has 1 saturated heterocycles. The number of carboxylic acids is 1. The number of likely N-dealkylation sites (N-methyl/N-ethyl adjacent to an activating group) is 1. The fourth-order valence-corrected chi connectivity index (χ4v) is 2.30. The summed E-state index contributed by atoms with van der Waals surface area (Å²) < 4.78 is 0. The lowest BCUT2D eigenvalue weighted by Gasteiger charge is -2.42. The topological polar surface area (TPSA) is 72.9 Å². The van der Waals surface area contributed by atoms with Crippen molar-refractivity contribution >= 4 is 12.0 Å². The van der Waals surface area contributed by atoms with Gasteiger partial charge in [0.05, 0.1) is 5.92 Å². The Morgan fingerprint density at radius 3 is 2.26 bits per heavy atom. The number of urea groups is 1. The van der Waals surface area contributed by atoms with Crippen molar-refractivity contribution < 1.29 is 14.7 Å². The second-order valence-corrected chi connectivity index (χ2v) is 5.40. The molecular weight excluding hydrogens is 246 g/mol. The first-order valence-electron chi connectivity index (χ1n) is 6.84. The lowest BCUT2D eigenvalue weighted by molar-refractivity contribution is -0.141. The van der Waals surface area contributed by atoms with E-state index < -0.39 is 11.9 Å². The molecular formula is C13H25N3O3. The molecule has 1 aliphatic heterocycles. The minimum absolute atomic E-state index is 0.161. The average molecular weight is 271 g/mol. The van der Waals surface area contributed by atoms with E-state index in [4.69, 9.17) is 5.11 Å². The van der Waals surface area contributed by atoms with Crippen LogP contribution in [0.4, 0.5) is 4.79 Å². The molecule has 2 N–H and O–H groups in total. The van der Waals surface area contributed by atoms with E-state index in [1.54, 1.807) is 4.90 Å². The molecule has 6 nitrogen and oxygen atoms in total. The maximum Gasteiger partial charge on any atom is 0.317 e. The van der Waals surface area contributed by atoms with Gasteiger partial charge in [-0.05, 0) is 27.3 Å². The van der Waals surface area contributed by atoms with Gasteiger partial charge in [-0.25, -0.2) is 4.79 Å². The van der Waals surface area contributed by atoms with E-state index in [0.717, 1.165) is 0 Å². The highest BCUT2D eigenvalue weighted by atomic mass is 16.4. The minimum Gasteiger partial charge on any atom is -0.481 e. The summed E-state index contributed by atoms with van der Waals surface area (Å²) >= 11 is 0. The van der Waals surface area contributed by atoms with Crippen molar-refractivity contribution in [3.8, 4) is 0 Å². The Kier molecular flexibility index (Phi) is 5.60. The highest BCUT2D eigenvalue weighted by Crippen LogP contribution is 2.13. The Balaban J connectivity index is 2.48. The Morgan fingerprint density at radius 2 is 1.84 bits per heavy atom. The van der Waals surface area contributed by atoms with E-state index in [-0.39, 0.29) is 12.6 Å². The van der Waals surface area contributed by atoms with Crippen LogP contribution in [-0.2, 0) is 4.79 Å². The molecule has 1 rings (SSSR count). The molecule has 3 atom stereocenters. The number of amides is 2. The van der Waals surface area contributed by atoms with Gasteiger partial charge in [0.15, 0.2) is 0 Å². The quantitative estimate of drug-likeness (QED) is 0.794. The summed E-state index contributed by atoms with van der Waals surface area (Å²) in [6.45, 7) is 7.53. The molecule has 110 valence electrons. The lowest BCUT2D eigenvalue weighted by Crippen LogP contribution is -2.58. The Labute approximate surface area is 114 Å². The molecule has 0 bridgehead atoms. The van der Waals surface area contributed by atoms with Crippen LogP contribution < -0.4 is 5.32 Å². The van der Waals surface area contributed by atoms with Gasteiger partial charge in [0, 0.05) is 31.7 Å². The molecule has 1 fully saturated rings. The van der Waals surface area contributed by atoms with Gasteiger partial charge < -0.3 is 15.3 Å². The molecule has 1 aliphatic rings. The minimum atomic E-state index is -0.858. The summed E-state index contributed by atoms with van der Waals surface area (Å²) in [5.41, 5.74) is 0. The molecule has 0 aromatic carbocycles. The smallest absolute Gasteiger partial charge is 0.317 e. The number of carboxylic acid groups (broad SMARTS) is 1. The number of hydrogen-bond acceptors (Lipinski definition) is 3. The largest absolute Gasteiger partial charge is 0.481 e. The van der Waals surface area contributed by atoms with Crippen LogP contribution in [0.2, 0.25) is 0 Å². The van der Waals surface area contributed by atoms with E-state index in [0.29, 0.717) is 31.6 Å². The fraction of sp³-hybridized carbons (Fsp3) is 0.846. The zero-order chi connectivity index (χ0) is 14.6. The number of piperazine rings is 1. The Bertz CT molecular complexity index is 323. The van der Waals surface area contributed by atoms with Gasteiger partial charge in [-0.1, -0.05) is 6.92 Å². The molecule has 19 heavy (non-hydrogen) atoms. The van der Waals surface area contributed by atoms with Crippen LogP contribution in [0.3, 0.4) is 0 Å². The van der Waals surface area contributed by atoms with Crippen LogP contribution in [0.1, 0.15) is 27.2 Å². The average Bonchev–Trinajstić information content (AvgIpc) is 2.35. The number of nitrogens with zero attached hydrogens (tertiary/aromatic N) is 2. The summed E-state index contributed by atoms with van der Waals surface area (Å²) in [6, 6.07) is 0.471. The van der Waals surface area contributed by atoms with Crippen molar-refractivity contribution in [2.45, 2.75) is 39.3 Å². The molecule has 1 heterocycles. The molecule has 0 aliphatic carbocycles. The van der Waals surface area contributed by atoms with Gasteiger partial charge in [-0.2, -0.15) is 0 Å². The highest BCUT2D eigenvalue weighted by Gasteiger charge is 2.29. The number of carbonyl (C=O) groups excluding carboxylic acids is 1. The van der Waals surface area contributed by atoms with E-state index in [1.165, 1.54) is 0 Å². The van der Waals surface area contributed by atoms with E-state index in [1.807, 2.05) is 6.92 Å². The van der Waals surface area contributed by atoms with Crippen molar-refractivity contribution in [2.75, 3.05) is 26.7 Å². The molecule has 6 heteroatoms. The van der Waals surface area contributed by atoms with Crippen LogP contribution in [0.25, 0.3) is 0 Å². The molecule has 0 spiro atoms. The van der Waals surface area contributed by atoms with Gasteiger partial charge in [0.25, 0.3) is 0 Å². The van der Waals surface area contributed by atoms with Crippen molar-refractivity contribution in [3.05, 3.63) is 0 Å². The predicted molar refractivity (Wildman–Crippen MR) is 73.1 cm³/mol. The van der Waals surface area contributed by atoms with Crippen molar-refractivity contribution in [1.82, 2.24) is 15.1 Å². The first kappa shape index (κ1) is 15.8. The fourth-order valence-electron chi connectivity index (χ4n) is 2.30. The van der Waals surface area contributed by atoms with Crippen LogP contribution in [0, 0.1) is 5.92 Å². The van der Waals surface area contributed by atoms with Gasteiger partial charge in [-0.15, -0.1) is 0 Å². The Hall–Kier alpha value is -1.30. The standard InChI is InChI=1S/C13H25N3O3/c1-5-11(12(17)18)6-14-13(19)16-7-9(2)15(4)10(3)8-16/h9-11H,5-8H2,1-4H3,(H,14,19)(H,17,18). The first-order valence-corrected chi connectivity index (χ1v) is 6.84. The van der Waals surface area contributed by atoms with Crippen molar-refractivity contribution in [1.29, 1.82) is 0 Å². The van der Waals surface area contributed by atoms with Crippen LogP contribution in [0.5, 0.6) is 0 Å². The van der Waals surface area contributed by atoms with Crippen molar-refractivity contribution in [2.24, 2.45) is 5.92 Å². The normalized spacial score (nSPS) is 26.0. The van der Waals surface area contributed by atoms with Gasteiger partial charge in [-0.3, -0.25) is 9.69 Å². The summed E-state index contributed by atoms with van der Waals surface area (Å²) in [7, 11) is 2.06. The number of nitrogens with one attached hydrogen (secondary N) is 1. The zero-order valence-electron chi connectivity index (χ0n) is 12.2. The van der Waals surface area contributed by atoms with Crippen LogP contribution in [0.15, 0.2) is 0 Å². The summed E-state index contributed by atoms with van der Waals surface area (Å²) in [5.74, 6) is -1.37. The number of hydrogen-bond donors (Lipinski definition) is 2. The predicted octanol–water partition coefficient (Wildman–Crippen LogP) is 0.831. The first-order chi connectivity index (χ1) is 8.86. The Morgan fingerprint density at radius 1 is 1.32 bits per heavy atom. The maximum absolute atomic E-state index is 12.0. The van der Waals surface area contributed by atoms with Gasteiger partial charge in [0.1, 0.15) is 0 Å². The third-order valence-electron chi connectivity index (χ3n) is 3.99. The van der Waals surface area contributed by atoms with Crippen molar-refractivity contribution in [3.63, 3.8) is 0 Å². The van der Waals surface area contributed by atoms with Crippen LogP contribution in [-0.4, -0.2) is 65.7 Å². The van der Waals surface area contributed by atoms with E-state index in [9.17, 15) is 9.59 Å². The molecule has 3 unspecified atom stereocenters. The number of carbonyl (C=O) groups is 2. The zero-order valence-corrected chi connectivity index (χ0v) is 12.2. The van der Waals surface area contributed by atoms with Gasteiger partial charge in [0.2, 0.25) is 0 Å². The SMILES string of the molecule is CCC(CNC(=O)N1CC(C)N(C)C(C)C1)C(=O)O. The summed E-state index contributed by atoms with van der Waals surface area (Å²) in [6.07, 6.45) is 0.519. The maximum atomic E-state index is 12.0. The highest BCUT2D eigenvalue weighted by molar-refractivity contribution is 5.76. The third kappa shape index (κ3) is 4.09. The number of aliphatic carboxylic acids is 1. The van der Waals surface area contributed by atoms with Crippen LogP contribution >= 0.6 is 0 Å². The molecule has 0 aromatic heterocycles. The molecule has 0 radical (unpaired) electrons. The van der Waals surface area contributed by atoms with E-state index in [2.05, 4.69) is 31.1 Å². The van der Waals surface area contributed by atoms with Gasteiger partial charge >= 0.3 is 12.0 Å². The monoisotopic (exact) mass is 271 g/mol.